The van der Waals surface area contributed by atoms with Crippen LogP contribution in [0.4, 0.5) is 5.82 Å². The zero-order valence-electron chi connectivity index (χ0n) is 11.3. The highest BCUT2D eigenvalue weighted by Gasteiger charge is 2.25. The van der Waals surface area contributed by atoms with Gasteiger partial charge in [0.2, 0.25) is 0 Å². The lowest BCUT2D eigenvalue weighted by molar-refractivity contribution is -0.141. The molecule has 0 aromatic carbocycles. The molecular weight excluding hydrogens is 246 g/mol. The molecule has 1 saturated heterocycles. The molecule has 1 aromatic rings. The maximum absolute atomic E-state index is 11.3. The molecule has 1 aromatic heterocycles. The fraction of sp³-hybridized carbons (Fsp3) is 0.615. The van der Waals surface area contributed by atoms with Crippen molar-refractivity contribution in [2.45, 2.75) is 19.4 Å². The first-order chi connectivity index (χ1) is 9.22. The highest BCUT2D eigenvalue weighted by atomic mass is 16.5. The third-order valence-corrected chi connectivity index (χ3v) is 3.29. The summed E-state index contributed by atoms with van der Waals surface area (Å²) < 4.78 is 9.77. The van der Waals surface area contributed by atoms with Crippen LogP contribution in [0.5, 0.6) is 0 Å². The highest BCUT2D eigenvalue weighted by Crippen LogP contribution is 2.24. The lowest BCUT2D eigenvalue weighted by Gasteiger charge is -2.17. The molecule has 0 aliphatic carbocycles. The summed E-state index contributed by atoms with van der Waals surface area (Å²) in [5.41, 5.74) is 0.865. The Kier molecular flexibility index (Phi) is 4.68. The van der Waals surface area contributed by atoms with Crippen molar-refractivity contribution >= 4 is 11.8 Å². The van der Waals surface area contributed by atoms with Gasteiger partial charge in [-0.3, -0.25) is 4.79 Å². The average Bonchev–Trinajstić information content (AvgIpc) is 2.88. The van der Waals surface area contributed by atoms with E-state index in [2.05, 4.69) is 14.9 Å². The number of rotatable bonds is 5. The largest absolute Gasteiger partial charge is 0.469 e. The first-order valence-electron chi connectivity index (χ1n) is 6.34. The van der Waals surface area contributed by atoms with Crippen LogP contribution in [0.3, 0.4) is 0 Å². The van der Waals surface area contributed by atoms with Crippen molar-refractivity contribution in [1.82, 2.24) is 9.97 Å². The summed E-state index contributed by atoms with van der Waals surface area (Å²) >= 11 is 0. The second-order valence-corrected chi connectivity index (χ2v) is 4.68. The van der Waals surface area contributed by atoms with Crippen molar-refractivity contribution < 1.29 is 14.3 Å². The van der Waals surface area contributed by atoms with Crippen molar-refractivity contribution in [2.75, 3.05) is 32.2 Å². The topological polar surface area (TPSA) is 64.5 Å². The van der Waals surface area contributed by atoms with Gasteiger partial charge in [0.1, 0.15) is 12.1 Å². The van der Waals surface area contributed by atoms with E-state index in [0.29, 0.717) is 18.9 Å². The predicted molar refractivity (Wildman–Crippen MR) is 69.7 cm³/mol. The fourth-order valence-corrected chi connectivity index (χ4v) is 2.31. The Morgan fingerprint density at radius 3 is 3.05 bits per heavy atom. The van der Waals surface area contributed by atoms with Gasteiger partial charge in [-0.25, -0.2) is 9.97 Å². The van der Waals surface area contributed by atoms with E-state index in [-0.39, 0.29) is 5.97 Å². The number of aromatic nitrogens is 2. The van der Waals surface area contributed by atoms with Gasteiger partial charge in [-0.1, -0.05) is 0 Å². The lowest BCUT2D eigenvalue weighted by atomic mass is 10.1. The molecule has 19 heavy (non-hydrogen) atoms. The van der Waals surface area contributed by atoms with Gasteiger partial charge in [-0.05, 0) is 12.3 Å². The van der Waals surface area contributed by atoms with Crippen LogP contribution in [0.2, 0.25) is 0 Å². The predicted octanol–water partition coefficient (Wildman–Crippen LogP) is 1.01. The van der Waals surface area contributed by atoms with Crippen LogP contribution in [-0.4, -0.2) is 43.2 Å². The molecule has 0 N–H and O–H groups in total. The number of carbonyl (C=O) groups is 1. The summed E-state index contributed by atoms with van der Waals surface area (Å²) in [5, 5.41) is 0. The first-order valence-corrected chi connectivity index (χ1v) is 6.34. The van der Waals surface area contributed by atoms with Crippen molar-refractivity contribution in [1.29, 1.82) is 0 Å². The van der Waals surface area contributed by atoms with E-state index in [9.17, 15) is 4.79 Å². The maximum Gasteiger partial charge on any atom is 0.305 e. The summed E-state index contributed by atoms with van der Waals surface area (Å²) in [6.07, 6.45) is 3.01. The Balaban J connectivity index is 1.96. The molecule has 2 heterocycles. The van der Waals surface area contributed by atoms with Gasteiger partial charge in [-0.15, -0.1) is 0 Å². The van der Waals surface area contributed by atoms with Crippen LogP contribution in [0, 0.1) is 5.92 Å². The number of carbonyl (C=O) groups excluding carboxylic acids is 1. The monoisotopic (exact) mass is 265 g/mol. The molecule has 6 heteroatoms. The van der Waals surface area contributed by atoms with Crippen LogP contribution in [0.15, 0.2) is 12.4 Å². The van der Waals surface area contributed by atoms with E-state index in [4.69, 9.17) is 9.47 Å². The summed E-state index contributed by atoms with van der Waals surface area (Å²) in [5.74, 6) is 1.09. The minimum Gasteiger partial charge on any atom is -0.469 e. The smallest absolute Gasteiger partial charge is 0.305 e. The van der Waals surface area contributed by atoms with Gasteiger partial charge < -0.3 is 14.4 Å². The van der Waals surface area contributed by atoms with Crippen molar-refractivity contribution in [3.05, 3.63) is 18.1 Å². The van der Waals surface area contributed by atoms with Gasteiger partial charge in [-0.2, -0.15) is 0 Å². The molecule has 0 spiro atoms. The number of hydrogen-bond donors (Lipinski definition) is 0. The molecular formula is C13H19N3O3. The number of anilines is 1. The normalized spacial score (nSPS) is 18.6. The third kappa shape index (κ3) is 3.64. The minimum atomic E-state index is -0.144. The number of nitrogens with zero attached hydrogens (tertiary/aromatic N) is 3. The quantitative estimate of drug-likeness (QED) is 0.740. The summed E-state index contributed by atoms with van der Waals surface area (Å²) in [7, 11) is 3.07. The van der Waals surface area contributed by atoms with E-state index in [1.807, 2.05) is 6.07 Å². The second-order valence-electron chi connectivity index (χ2n) is 4.68. The van der Waals surface area contributed by atoms with E-state index < -0.39 is 0 Å². The first kappa shape index (κ1) is 13.7. The molecule has 2 rings (SSSR count). The van der Waals surface area contributed by atoms with Gasteiger partial charge in [0.25, 0.3) is 0 Å². The Labute approximate surface area is 112 Å². The molecule has 1 aliphatic heterocycles. The number of esters is 1. The maximum atomic E-state index is 11.3. The molecule has 6 nitrogen and oxygen atoms in total. The van der Waals surface area contributed by atoms with Gasteiger partial charge in [0.05, 0.1) is 25.8 Å². The Morgan fingerprint density at radius 2 is 2.32 bits per heavy atom. The van der Waals surface area contributed by atoms with Crippen molar-refractivity contribution in [3.63, 3.8) is 0 Å². The summed E-state index contributed by atoms with van der Waals surface area (Å²) in [6, 6.07) is 1.93. The lowest BCUT2D eigenvalue weighted by Crippen LogP contribution is -2.22. The van der Waals surface area contributed by atoms with Crippen LogP contribution >= 0.6 is 0 Å². The van der Waals surface area contributed by atoms with Crippen LogP contribution < -0.4 is 4.90 Å². The molecule has 0 bridgehead atoms. The zero-order chi connectivity index (χ0) is 13.7. The highest BCUT2D eigenvalue weighted by molar-refractivity contribution is 5.69. The second kappa shape index (κ2) is 6.47. The molecule has 104 valence electrons. The van der Waals surface area contributed by atoms with Crippen LogP contribution in [-0.2, 0) is 20.9 Å². The number of ether oxygens (including phenoxy) is 2. The summed E-state index contributed by atoms with van der Waals surface area (Å²) in [6.45, 7) is 2.22. The summed E-state index contributed by atoms with van der Waals surface area (Å²) in [4.78, 5) is 21.9. The fourth-order valence-electron chi connectivity index (χ4n) is 2.31. The average molecular weight is 265 g/mol. The molecule has 0 saturated carbocycles. The number of hydrogen-bond acceptors (Lipinski definition) is 6. The Bertz CT molecular complexity index is 439. The Hall–Kier alpha value is -1.69. The van der Waals surface area contributed by atoms with E-state index in [0.717, 1.165) is 31.0 Å². The number of methoxy groups -OCH3 is 2. The molecule has 1 aliphatic rings. The van der Waals surface area contributed by atoms with E-state index in [1.54, 1.807) is 13.4 Å². The molecule has 1 atom stereocenters. The standard InChI is InChI=1S/C13H19N3O3/c1-18-8-11-6-12(15-9-14-11)16-4-3-10(7-16)5-13(17)19-2/h6,9-10H,3-5,7-8H2,1-2H3/t10-/m0/s1. The van der Waals surface area contributed by atoms with Gasteiger partial charge in [0, 0.05) is 26.3 Å². The molecule has 0 radical (unpaired) electrons. The zero-order valence-corrected chi connectivity index (χ0v) is 11.3. The molecule has 0 unspecified atom stereocenters. The van der Waals surface area contributed by atoms with Crippen molar-refractivity contribution in [3.8, 4) is 0 Å². The van der Waals surface area contributed by atoms with Crippen LogP contribution in [0.25, 0.3) is 0 Å². The Morgan fingerprint density at radius 1 is 1.47 bits per heavy atom. The molecule has 1 fully saturated rings. The SMILES string of the molecule is COCc1cc(N2CC[C@@H](CC(=O)OC)C2)ncn1. The third-order valence-electron chi connectivity index (χ3n) is 3.29. The van der Waals surface area contributed by atoms with Crippen LogP contribution in [0.1, 0.15) is 18.5 Å². The van der Waals surface area contributed by atoms with Gasteiger partial charge >= 0.3 is 5.97 Å². The van der Waals surface area contributed by atoms with E-state index >= 15 is 0 Å². The molecule has 0 amide bonds. The van der Waals surface area contributed by atoms with Gasteiger partial charge in [0.15, 0.2) is 0 Å². The van der Waals surface area contributed by atoms with Crippen molar-refractivity contribution in [2.24, 2.45) is 5.92 Å². The van der Waals surface area contributed by atoms with E-state index in [1.165, 1.54) is 7.11 Å². The minimum absolute atomic E-state index is 0.144.